The summed E-state index contributed by atoms with van der Waals surface area (Å²) in [6.07, 6.45) is 1.87. The number of benzene rings is 1. The van der Waals surface area contributed by atoms with Crippen LogP contribution in [0.4, 0.5) is 4.39 Å². The number of halogens is 1. The quantitative estimate of drug-likeness (QED) is 0.812. The number of β-amino-alcohol motifs (C(OH)–C–C–N with tert-alkyl or cyclic N) is 1. The summed E-state index contributed by atoms with van der Waals surface area (Å²) in [4.78, 5) is 14.0. The van der Waals surface area contributed by atoms with Crippen LogP contribution in [0.5, 0.6) is 0 Å². The van der Waals surface area contributed by atoms with Gasteiger partial charge in [0.05, 0.1) is 6.10 Å². The minimum absolute atomic E-state index is 0.0507. The van der Waals surface area contributed by atoms with Crippen LogP contribution in [0.1, 0.15) is 29.6 Å². The van der Waals surface area contributed by atoms with Crippen molar-refractivity contribution in [2.24, 2.45) is 0 Å². The van der Waals surface area contributed by atoms with Gasteiger partial charge in [0.25, 0.3) is 0 Å². The average Bonchev–Trinajstić information content (AvgIpc) is 2.76. The SMILES string of the molecule is O=C(CCCN1CC[C@H](O)C1)c1ccc(F)cc1. The van der Waals surface area contributed by atoms with Crippen molar-refractivity contribution < 1.29 is 14.3 Å². The number of hydrogen-bond donors (Lipinski definition) is 1. The highest BCUT2D eigenvalue weighted by Crippen LogP contribution is 2.11. The van der Waals surface area contributed by atoms with Crippen LogP contribution in [-0.2, 0) is 0 Å². The van der Waals surface area contributed by atoms with Crippen LogP contribution in [0.2, 0.25) is 0 Å². The highest BCUT2D eigenvalue weighted by atomic mass is 19.1. The number of ketones is 1. The molecule has 1 fully saturated rings. The Morgan fingerprint density at radius 2 is 2.11 bits per heavy atom. The van der Waals surface area contributed by atoms with Gasteiger partial charge in [0.2, 0.25) is 0 Å². The molecule has 0 spiro atoms. The van der Waals surface area contributed by atoms with E-state index in [1.165, 1.54) is 24.3 Å². The summed E-state index contributed by atoms with van der Waals surface area (Å²) >= 11 is 0. The molecule has 1 saturated heterocycles. The second-order valence-corrected chi connectivity index (χ2v) is 4.78. The first-order valence-electron chi connectivity index (χ1n) is 6.34. The lowest BCUT2D eigenvalue weighted by Crippen LogP contribution is -2.23. The first-order valence-corrected chi connectivity index (χ1v) is 6.34. The lowest BCUT2D eigenvalue weighted by atomic mass is 10.1. The van der Waals surface area contributed by atoms with E-state index in [1.54, 1.807) is 0 Å². The van der Waals surface area contributed by atoms with Gasteiger partial charge in [0.1, 0.15) is 5.82 Å². The zero-order chi connectivity index (χ0) is 13.0. The molecule has 1 aromatic carbocycles. The van der Waals surface area contributed by atoms with Crippen molar-refractivity contribution in [3.8, 4) is 0 Å². The lowest BCUT2D eigenvalue weighted by Gasteiger charge is -2.13. The number of rotatable bonds is 5. The zero-order valence-corrected chi connectivity index (χ0v) is 10.3. The van der Waals surface area contributed by atoms with E-state index < -0.39 is 0 Å². The minimum atomic E-state index is -0.322. The summed E-state index contributed by atoms with van der Waals surface area (Å²) in [5.41, 5.74) is 0.567. The topological polar surface area (TPSA) is 40.5 Å². The Kier molecular flexibility index (Phi) is 4.44. The van der Waals surface area contributed by atoms with Crippen molar-refractivity contribution in [1.82, 2.24) is 4.90 Å². The van der Waals surface area contributed by atoms with Crippen molar-refractivity contribution in [2.45, 2.75) is 25.4 Å². The van der Waals surface area contributed by atoms with Gasteiger partial charge in [0.15, 0.2) is 5.78 Å². The van der Waals surface area contributed by atoms with Gasteiger partial charge in [-0.05, 0) is 43.7 Å². The van der Waals surface area contributed by atoms with E-state index >= 15 is 0 Å². The van der Waals surface area contributed by atoms with Crippen molar-refractivity contribution in [2.75, 3.05) is 19.6 Å². The van der Waals surface area contributed by atoms with Crippen LogP contribution in [-0.4, -0.2) is 41.5 Å². The predicted molar refractivity (Wildman–Crippen MR) is 67.0 cm³/mol. The molecule has 0 aliphatic carbocycles. The molecule has 0 radical (unpaired) electrons. The number of likely N-dealkylation sites (tertiary alicyclic amines) is 1. The van der Waals surface area contributed by atoms with Crippen LogP contribution in [0.25, 0.3) is 0 Å². The fraction of sp³-hybridized carbons (Fsp3) is 0.500. The molecule has 1 N–H and O–H groups in total. The lowest BCUT2D eigenvalue weighted by molar-refractivity contribution is 0.0975. The number of nitrogens with zero attached hydrogens (tertiary/aromatic N) is 1. The summed E-state index contributed by atoms with van der Waals surface area (Å²) < 4.78 is 12.7. The van der Waals surface area contributed by atoms with Crippen LogP contribution in [0, 0.1) is 5.82 Å². The van der Waals surface area contributed by atoms with Gasteiger partial charge in [-0.25, -0.2) is 4.39 Å². The van der Waals surface area contributed by atoms with Crippen molar-refractivity contribution in [3.63, 3.8) is 0 Å². The number of carbonyl (C=O) groups excluding carboxylic acids is 1. The molecular weight excluding hydrogens is 233 g/mol. The van der Waals surface area contributed by atoms with Crippen LogP contribution in [0.15, 0.2) is 24.3 Å². The van der Waals surface area contributed by atoms with E-state index in [2.05, 4.69) is 4.90 Å². The van der Waals surface area contributed by atoms with Gasteiger partial charge in [-0.3, -0.25) is 4.79 Å². The zero-order valence-electron chi connectivity index (χ0n) is 10.3. The molecule has 1 aromatic rings. The summed E-state index contributed by atoms with van der Waals surface area (Å²) in [5.74, 6) is -0.271. The van der Waals surface area contributed by atoms with E-state index in [4.69, 9.17) is 0 Å². The third-order valence-electron chi connectivity index (χ3n) is 3.29. The van der Waals surface area contributed by atoms with Crippen molar-refractivity contribution >= 4 is 5.78 Å². The highest BCUT2D eigenvalue weighted by Gasteiger charge is 2.19. The Labute approximate surface area is 106 Å². The molecule has 0 bridgehead atoms. The number of Topliss-reactive ketones (excluding diaryl/α,β-unsaturated/α-hetero) is 1. The summed E-state index contributed by atoms with van der Waals surface area (Å²) in [7, 11) is 0. The molecule has 0 aromatic heterocycles. The number of hydrogen-bond acceptors (Lipinski definition) is 3. The molecular formula is C14H18FNO2. The Hall–Kier alpha value is -1.26. The number of aliphatic hydroxyl groups excluding tert-OH is 1. The van der Waals surface area contributed by atoms with Crippen LogP contribution < -0.4 is 0 Å². The molecule has 1 heterocycles. The smallest absolute Gasteiger partial charge is 0.162 e. The fourth-order valence-electron chi connectivity index (χ4n) is 2.26. The molecule has 98 valence electrons. The Morgan fingerprint density at radius 1 is 1.39 bits per heavy atom. The van der Waals surface area contributed by atoms with E-state index in [1.807, 2.05) is 0 Å². The number of aliphatic hydroxyl groups is 1. The summed E-state index contributed by atoms with van der Waals surface area (Å²) in [6, 6.07) is 5.67. The Bertz CT molecular complexity index is 405. The third kappa shape index (κ3) is 3.62. The van der Waals surface area contributed by atoms with Crippen molar-refractivity contribution in [3.05, 3.63) is 35.6 Å². The maximum atomic E-state index is 12.7. The van der Waals surface area contributed by atoms with E-state index in [0.29, 0.717) is 18.5 Å². The molecule has 0 amide bonds. The van der Waals surface area contributed by atoms with Crippen LogP contribution >= 0.6 is 0 Å². The van der Waals surface area contributed by atoms with E-state index in [0.717, 1.165) is 25.9 Å². The predicted octanol–water partition coefficient (Wildman–Crippen LogP) is 1.86. The van der Waals surface area contributed by atoms with Crippen LogP contribution in [0.3, 0.4) is 0 Å². The van der Waals surface area contributed by atoms with E-state index in [9.17, 15) is 14.3 Å². The maximum Gasteiger partial charge on any atom is 0.162 e. The Morgan fingerprint density at radius 3 is 2.72 bits per heavy atom. The first-order chi connectivity index (χ1) is 8.65. The standard InChI is InChI=1S/C14H18FNO2/c15-12-5-3-11(4-6-12)14(18)2-1-8-16-9-7-13(17)10-16/h3-6,13,17H,1-2,7-10H2/t13-/m0/s1. The normalized spacial score (nSPS) is 20.2. The maximum absolute atomic E-state index is 12.7. The van der Waals surface area contributed by atoms with Gasteiger partial charge in [-0.1, -0.05) is 0 Å². The molecule has 3 nitrogen and oxygen atoms in total. The molecule has 4 heteroatoms. The number of carbonyl (C=O) groups is 1. The van der Waals surface area contributed by atoms with Gasteiger partial charge < -0.3 is 10.0 Å². The van der Waals surface area contributed by atoms with Crippen molar-refractivity contribution in [1.29, 1.82) is 0 Å². The second kappa shape index (κ2) is 6.07. The average molecular weight is 251 g/mol. The molecule has 0 saturated carbocycles. The second-order valence-electron chi connectivity index (χ2n) is 4.78. The highest BCUT2D eigenvalue weighted by molar-refractivity contribution is 5.95. The van der Waals surface area contributed by atoms with Gasteiger partial charge in [-0.2, -0.15) is 0 Å². The molecule has 2 rings (SSSR count). The summed E-state index contributed by atoms with van der Waals surface area (Å²) in [5, 5.41) is 9.37. The molecule has 0 unspecified atom stereocenters. The van der Waals surface area contributed by atoms with Gasteiger partial charge in [-0.15, -0.1) is 0 Å². The third-order valence-corrected chi connectivity index (χ3v) is 3.29. The molecule has 1 aliphatic heterocycles. The Balaban J connectivity index is 1.73. The largest absolute Gasteiger partial charge is 0.392 e. The van der Waals surface area contributed by atoms with E-state index in [-0.39, 0.29) is 17.7 Å². The summed E-state index contributed by atoms with van der Waals surface area (Å²) in [6.45, 7) is 2.46. The molecule has 1 atom stereocenters. The fourth-order valence-corrected chi connectivity index (χ4v) is 2.26. The van der Waals surface area contributed by atoms with Gasteiger partial charge >= 0.3 is 0 Å². The molecule has 18 heavy (non-hydrogen) atoms. The minimum Gasteiger partial charge on any atom is -0.392 e. The molecule has 1 aliphatic rings. The first kappa shape index (κ1) is 13.2. The van der Waals surface area contributed by atoms with Gasteiger partial charge in [0, 0.05) is 25.1 Å². The monoisotopic (exact) mass is 251 g/mol.